The molecule has 0 saturated carbocycles. The van der Waals surface area contributed by atoms with E-state index in [2.05, 4.69) is 4.90 Å². The molecule has 1 aliphatic rings. The summed E-state index contributed by atoms with van der Waals surface area (Å²) < 4.78 is 5.11. The van der Waals surface area contributed by atoms with E-state index in [-0.39, 0.29) is 18.2 Å². The maximum absolute atomic E-state index is 10.7. The van der Waals surface area contributed by atoms with Crippen molar-refractivity contribution in [3.63, 3.8) is 0 Å². The number of furan rings is 1. The maximum atomic E-state index is 10.7. The fraction of sp³-hybridized carbons (Fsp3) is 0.583. The Morgan fingerprint density at radius 2 is 2.37 bits per heavy atom. The Bertz CT molecular complexity index is 470. The van der Waals surface area contributed by atoms with Crippen LogP contribution in [0.3, 0.4) is 0 Å². The van der Waals surface area contributed by atoms with Crippen molar-refractivity contribution in [3.8, 4) is 0 Å². The third-order valence-electron chi connectivity index (χ3n) is 3.27. The van der Waals surface area contributed by atoms with Crippen LogP contribution in [-0.2, 0) is 11.3 Å². The van der Waals surface area contributed by atoms with E-state index in [0.29, 0.717) is 18.8 Å². The fourth-order valence-electron chi connectivity index (χ4n) is 2.48. The van der Waals surface area contributed by atoms with Crippen LogP contribution in [0.4, 0.5) is 5.88 Å². The lowest BCUT2D eigenvalue weighted by Crippen LogP contribution is -2.35. The van der Waals surface area contributed by atoms with Crippen LogP contribution < -0.4 is 0 Å². The van der Waals surface area contributed by atoms with E-state index in [4.69, 9.17) is 9.52 Å². The summed E-state index contributed by atoms with van der Waals surface area (Å²) in [7, 11) is 0. The lowest BCUT2D eigenvalue weighted by molar-refractivity contribution is -0.402. The average molecular weight is 268 g/mol. The Hall–Kier alpha value is -1.89. The second kappa shape index (κ2) is 5.83. The number of likely N-dealkylation sites (tertiary alicyclic amines) is 1. The van der Waals surface area contributed by atoms with Crippen LogP contribution >= 0.6 is 0 Å². The minimum absolute atomic E-state index is 0.149. The standard InChI is InChI=1S/C12H16N2O5/c15-12(16)6-9-2-1-5-13(7-9)8-10-3-4-11(19-10)14(17)18/h3-4,9H,1-2,5-8H2,(H,15,16). The Morgan fingerprint density at radius 3 is 3.00 bits per heavy atom. The Kier molecular flexibility index (Phi) is 4.16. The molecule has 104 valence electrons. The Labute approximate surface area is 110 Å². The molecule has 7 heteroatoms. The molecular weight excluding hydrogens is 252 g/mol. The van der Waals surface area contributed by atoms with Crippen molar-refractivity contribution in [2.24, 2.45) is 5.92 Å². The largest absolute Gasteiger partial charge is 0.481 e. The zero-order valence-corrected chi connectivity index (χ0v) is 10.4. The summed E-state index contributed by atoms with van der Waals surface area (Å²) in [5, 5.41) is 19.3. The first-order valence-electron chi connectivity index (χ1n) is 6.22. The van der Waals surface area contributed by atoms with Gasteiger partial charge in [-0.3, -0.25) is 19.8 Å². The van der Waals surface area contributed by atoms with Gasteiger partial charge in [0.2, 0.25) is 0 Å². The smallest absolute Gasteiger partial charge is 0.433 e. The summed E-state index contributed by atoms with van der Waals surface area (Å²) in [6.45, 7) is 2.05. The normalized spacial score (nSPS) is 20.3. The molecule has 1 unspecified atom stereocenters. The van der Waals surface area contributed by atoms with E-state index >= 15 is 0 Å². The van der Waals surface area contributed by atoms with Crippen LogP contribution in [0.25, 0.3) is 0 Å². The molecule has 0 radical (unpaired) electrons. The lowest BCUT2D eigenvalue weighted by atomic mass is 9.95. The first-order valence-corrected chi connectivity index (χ1v) is 6.22. The van der Waals surface area contributed by atoms with Crippen molar-refractivity contribution >= 4 is 11.9 Å². The van der Waals surface area contributed by atoms with Crippen molar-refractivity contribution in [2.45, 2.75) is 25.8 Å². The number of hydrogen-bond acceptors (Lipinski definition) is 5. The quantitative estimate of drug-likeness (QED) is 0.646. The van der Waals surface area contributed by atoms with Gasteiger partial charge in [-0.25, -0.2) is 0 Å². The molecule has 2 heterocycles. The molecule has 1 aromatic heterocycles. The molecule has 1 aliphatic heterocycles. The molecule has 1 aromatic rings. The number of hydrogen-bond donors (Lipinski definition) is 1. The van der Waals surface area contributed by atoms with Crippen LogP contribution in [0.15, 0.2) is 16.5 Å². The minimum atomic E-state index is -0.777. The van der Waals surface area contributed by atoms with E-state index in [1.165, 1.54) is 6.07 Å². The highest BCUT2D eigenvalue weighted by molar-refractivity contribution is 5.67. The SMILES string of the molecule is O=C(O)CC1CCCN(Cc2ccc([N+](=O)[O-])o2)C1. The van der Waals surface area contributed by atoms with Gasteiger partial charge in [0.1, 0.15) is 10.7 Å². The number of carboxylic acid groups (broad SMARTS) is 1. The molecule has 1 fully saturated rings. The van der Waals surface area contributed by atoms with E-state index in [0.717, 1.165) is 19.4 Å². The third-order valence-corrected chi connectivity index (χ3v) is 3.27. The number of aliphatic carboxylic acids is 1. The van der Waals surface area contributed by atoms with Gasteiger partial charge in [0, 0.05) is 13.0 Å². The highest BCUT2D eigenvalue weighted by Gasteiger charge is 2.23. The van der Waals surface area contributed by atoms with E-state index < -0.39 is 10.9 Å². The summed E-state index contributed by atoms with van der Waals surface area (Å²) in [4.78, 5) is 22.7. The number of nitro groups is 1. The highest BCUT2D eigenvalue weighted by atomic mass is 16.6. The predicted molar refractivity (Wildman–Crippen MR) is 65.6 cm³/mol. The minimum Gasteiger partial charge on any atom is -0.481 e. The van der Waals surface area contributed by atoms with Crippen molar-refractivity contribution in [1.29, 1.82) is 0 Å². The van der Waals surface area contributed by atoms with Crippen LogP contribution in [0.5, 0.6) is 0 Å². The second-order valence-electron chi connectivity index (χ2n) is 4.84. The molecule has 19 heavy (non-hydrogen) atoms. The van der Waals surface area contributed by atoms with Crippen LogP contribution in [0, 0.1) is 16.0 Å². The molecule has 1 atom stereocenters. The molecule has 0 aromatic carbocycles. The molecule has 7 nitrogen and oxygen atoms in total. The molecule has 0 bridgehead atoms. The van der Waals surface area contributed by atoms with Crippen LogP contribution in [-0.4, -0.2) is 34.0 Å². The second-order valence-corrected chi connectivity index (χ2v) is 4.84. The van der Waals surface area contributed by atoms with E-state index in [1.807, 2.05) is 0 Å². The first-order chi connectivity index (χ1) is 9.04. The van der Waals surface area contributed by atoms with Crippen molar-refractivity contribution in [2.75, 3.05) is 13.1 Å². The fourth-order valence-corrected chi connectivity index (χ4v) is 2.48. The summed E-state index contributed by atoms with van der Waals surface area (Å²) in [5.74, 6) is -0.339. The predicted octanol–water partition coefficient (Wildman–Crippen LogP) is 1.87. The van der Waals surface area contributed by atoms with Gasteiger partial charge in [-0.2, -0.15) is 0 Å². The molecule has 1 N–H and O–H groups in total. The number of carboxylic acids is 1. The summed E-state index contributed by atoms with van der Waals surface area (Å²) in [6, 6.07) is 2.94. The number of rotatable bonds is 5. The summed E-state index contributed by atoms with van der Waals surface area (Å²) in [5.41, 5.74) is 0. The average Bonchev–Trinajstić information content (AvgIpc) is 2.77. The van der Waals surface area contributed by atoms with Gasteiger partial charge in [-0.05, 0) is 31.4 Å². The van der Waals surface area contributed by atoms with Gasteiger partial charge in [-0.1, -0.05) is 0 Å². The van der Waals surface area contributed by atoms with Crippen LogP contribution in [0.1, 0.15) is 25.0 Å². The number of piperidine rings is 1. The number of nitrogens with zero attached hydrogens (tertiary/aromatic N) is 2. The van der Waals surface area contributed by atoms with Gasteiger partial charge < -0.3 is 9.52 Å². The number of carbonyl (C=O) groups is 1. The molecule has 0 amide bonds. The van der Waals surface area contributed by atoms with Gasteiger partial charge in [0.05, 0.1) is 12.6 Å². The van der Waals surface area contributed by atoms with E-state index in [1.54, 1.807) is 6.07 Å². The van der Waals surface area contributed by atoms with Gasteiger partial charge in [-0.15, -0.1) is 0 Å². The molecule has 1 saturated heterocycles. The monoisotopic (exact) mass is 268 g/mol. The van der Waals surface area contributed by atoms with Crippen molar-refractivity contribution in [3.05, 3.63) is 28.0 Å². The molecule has 0 aliphatic carbocycles. The highest BCUT2D eigenvalue weighted by Crippen LogP contribution is 2.23. The lowest BCUT2D eigenvalue weighted by Gasteiger charge is -2.31. The Morgan fingerprint density at radius 1 is 1.58 bits per heavy atom. The van der Waals surface area contributed by atoms with Crippen molar-refractivity contribution in [1.82, 2.24) is 4.90 Å². The molecular formula is C12H16N2O5. The van der Waals surface area contributed by atoms with Crippen LogP contribution in [0.2, 0.25) is 0 Å². The Balaban J connectivity index is 1.90. The van der Waals surface area contributed by atoms with E-state index in [9.17, 15) is 14.9 Å². The molecule has 2 rings (SSSR count). The zero-order chi connectivity index (χ0) is 13.8. The summed E-state index contributed by atoms with van der Waals surface area (Å²) >= 11 is 0. The van der Waals surface area contributed by atoms with Gasteiger partial charge >= 0.3 is 11.9 Å². The zero-order valence-electron chi connectivity index (χ0n) is 10.4. The topological polar surface area (TPSA) is 96.8 Å². The first kappa shape index (κ1) is 13.5. The van der Waals surface area contributed by atoms with Gasteiger partial charge in [0.15, 0.2) is 0 Å². The summed E-state index contributed by atoms with van der Waals surface area (Å²) in [6.07, 6.45) is 2.04. The van der Waals surface area contributed by atoms with Gasteiger partial charge in [0.25, 0.3) is 0 Å². The maximum Gasteiger partial charge on any atom is 0.433 e. The molecule has 0 spiro atoms. The van der Waals surface area contributed by atoms with Crippen molar-refractivity contribution < 1.29 is 19.2 Å². The third kappa shape index (κ3) is 3.78.